The Labute approximate surface area is 175 Å². The predicted molar refractivity (Wildman–Crippen MR) is 114 cm³/mol. The van der Waals surface area contributed by atoms with Gasteiger partial charge >= 0.3 is 0 Å². The monoisotopic (exact) mass is 404 g/mol. The summed E-state index contributed by atoms with van der Waals surface area (Å²) in [6, 6.07) is 14.3. The first-order valence-electron chi connectivity index (χ1n) is 10.0. The molecule has 3 heterocycles. The number of benzene rings is 2. The van der Waals surface area contributed by atoms with Gasteiger partial charge in [-0.3, -0.25) is 19.2 Å². The van der Waals surface area contributed by atoms with E-state index in [-0.39, 0.29) is 12.4 Å². The summed E-state index contributed by atoms with van der Waals surface area (Å²) < 4.78 is 12.7. The van der Waals surface area contributed by atoms with Crippen LogP contribution in [0, 0.1) is 20.8 Å². The zero-order valence-corrected chi connectivity index (χ0v) is 17.4. The Balaban J connectivity index is 1.54. The van der Waals surface area contributed by atoms with Crippen LogP contribution in [0.3, 0.4) is 0 Å². The van der Waals surface area contributed by atoms with Gasteiger partial charge in [-0.1, -0.05) is 18.2 Å². The average molecular weight is 404 g/mol. The zero-order valence-electron chi connectivity index (χ0n) is 17.4. The van der Waals surface area contributed by atoms with E-state index in [4.69, 9.17) is 14.5 Å². The number of ether oxygens (including phenoxy) is 2. The molecule has 0 fully saturated rings. The molecule has 0 saturated heterocycles. The molecule has 0 saturated carbocycles. The normalized spacial score (nSPS) is 15.4. The molecule has 1 aromatic heterocycles. The molecular formula is C23H24N4O3. The molecule has 5 rings (SSSR count). The fraction of sp³-hybridized carbons (Fsp3) is 0.304. The number of fused-ring (bicyclic) bond motifs is 2. The van der Waals surface area contributed by atoms with E-state index in [1.54, 1.807) is 4.57 Å². The molecule has 0 radical (unpaired) electrons. The van der Waals surface area contributed by atoms with Crippen LogP contribution in [-0.4, -0.2) is 27.9 Å². The highest BCUT2D eigenvalue weighted by Gasteiger charge is 2.27. The molecule has 2 aromatic carbocycles. The van der Waals surface area contributed by atoms with Crippen LogP contribution in [0.2, 0.25) is 0 Å². The van der Waals surface area contributed by atoms with E-state index in [0.29, 0.717) is 31.4 Å². The van der Waals surface area contributed by atoms with Crippen molar-refractivity contribution in [1.82, 2.24) is 14.5 Å². The SMILES string of the molecule is Cc1cccc(N2CN(Cc3ccc4c(c3)OCO4)Cn3c2nc(C)c(C)c3=O)c1. The van der Waals surface area contributed by atoms with Gasteiger partial charge in [0.2, 0.25) is 12.7 Å². The Kier molecular flexibility index (Phi) is 4.47. The summed E-state index contributed by atoms with van der Waals surface area (Å²) in [5.41, 5.74) is 4.76. The van der Waals surface area contributed by atoms with E-state index in [2.05, 4.69) is 34.9 Å². The van der Waals surface area contributed by atoms with E-state index >= 15 is 0 Å². The van der Waals surface area contributed by atoms with Crippen molar-refractivity contribution < 1.29 is 9.47 Å². The molecule has 30 heavy (non-hydrogen) atoms. The molecule has 0 amide bonds. The van der Waals surface area contributed by atoms with Crippen LogP contribution in [0.25, 0.3) is 0 Å². The summed E-state index contributed by atoms with van der Waals surface area (Å²) in [7, 11) is 0. The first kappa shape index (κ1) is 18.7. The third kappa shape index (κ3) is 3.21. The molecule has 0 N–H and O–H groups in total. The standard InChI is InChI=1S/C23H24N4O3/c1-15-5-4-6-19(9-15)26-12-25(11-18-7-8-20-21(10-18)30-14-29-20)13-27-22(28)16(2)17(3)24-23(26)27/h4-10H,11-14H2,1-3H3. The maximum atomic E-state index is 13.1. The van der Waals surface area contributed by atoms with Crippen molar-refractivity contribution >= 4 is 11.6 Å². The first-order chi connectivity index (χ1) is 14.5. The lowest BCUT2D eigenvalue weighted by atomic mass is 10.2. The van der Waals surface area contributed by atoms with E-state index in [9.17, 15) is 4.79 Å². The van der Waals surface area contributed by atoms with E-state index in [1.165, 1.54) is 0 Å². The van der Waals surface area contributed by atoms with Gasteiger partial charge in [0.25, 0.3) is 5.56 Å². The minimum Gasteiger partial charge on any atom is -0.454 e. The Morgan fingerprint density at radius 1 is 1.00 bits per heavy atom. The van der Waals surface area contributed by atoms with Crippen LogP contribution in [0.5, 0.6) is 11.5 Å². The Morgan fingerprint density at radius 3 is 2.67 bits per heavy atom. The van der Waals surface area contributed by atoms with Gasteiger partial charge in [0.15, 0.2) is 11.5 Å². The number of hydrogen-bond acceptors (Lipinski definition) is 6. The first-order valence-corrected chi connectivity index (χ1v) is 10.0. The summed E-state index contributed by atoms with van der Waals surface area (Å²) in [5, 5.41) is 0. The lowest BCUT2D eigenvalue weighted by molar-refractivity contribution is 0.173. The van der Waals surface area contributed by atoms with Crippen LogP contribution >= 0.6 is 0 Å². The van der Waals surface area contributed by atoms with Crippen LogP contribution in [-0.2, 0) is 13.2 Å². The topological polar surface area (TPSA) is 59.8 Å². The highest BCUT2D eigenvalue weighted by molar-refractivity contribution is 5.59. The zero-order chi connectivity index (χ0) is 20.8. The van der Waals surface area contributed by atoms with Gasteiger partial charge in [0, 0.05) is 23.5 Å². The summed E-state index contributed by atoms with van der Waals surface area (Å²) in [4.78, 5) is 22.2. The van der Waals surface area contributed by atoms with Gasteiger partial charge in [-0.25, -0.2) is 4.98 Å². The van der Waals surface area contributed by atoms with Gasteiger partial charge in [0.1, 0.15) is 0 Å². The van der Waals surface area contributed by atoms with E-state index in [1.807, 2.05) is 38.1 Å². The Bertz CT molecular complexity index is 1190. The lowest BCUT2D eigenvalue weighted by Gasteiger charge is -2.38. The van der Waals surface area contributed by atoms with Gasteiger partial charge in [-0.2, -0.15) is 0 Å². The fourth-order valence-corrected chi connectivity index (χ4v) is 3.97. The van der Waals surface area contributed by atoms with Crippen molar-refractivity contribution in [1.29, 1.82) is 0 Å². The molecule has 7 heteroatoms. The summed E-state index contributed by atoms with van der Waals surface area (Å²) in [6.45, 7) is 7.86. The van der Waals surface area contributed by atoms with Crippen molar-refractivity contribution in [2.24, 2.45) is 0 Å². The Morgan fingerprint density at radius 2 is 1.83 bits per heavy atom. The molecule has 154 valence electrons. The third-order valence-electron chi connectivity index (χ3n) is 5.70. The van der Waals surface area contributed by atoms with Gasteiger partial charge in [0.05, 0.1) is 13.3 Å². The van der Waals surface area contributed by atoms with Crippen molar-refractivity contribution in [3.63, 3.8) is 0 Å². The summed E-state index contributed by atoms with van der Waals surface area (Å²) in [6.07, 6.45) is 0. The minimum atomic E-state index is 0.00513. The highest BCUT2D eigenvalue weighted by atomic mass is 16.7. The number of anilines is 2. The van der Waals surface area contributed by atoms with Crippen LogP contribution < -0.4 is 19.9 Å². The van der Waals surface area contributed by atoms with Crippen molar-refractivity contribution in [3.05, 3.63) is 75.2 Å². The molecule has 0 atom stereocenters. The second-order valence-electron chi connectivity index (χ2n) is 7.92. The van der Waals surface area contributed by atoms with Crippen LogP contribution in [0.4, 0.5) is 11.6 Å². The number of hydrogen-bond donors (Lipinski definition) is 0. The lowest BCUT2D eigenvalue weighted by Crippen LogP contribution is -2.47. The van der Waals surface area contributed by atoms with E-state index in [0.717, 1.165) is 34.0 Å². The molecule has 2 aliphatic rings. The molecule has 3 aromatic rings. The highest BCUT2D eigenvalue weighted by Crippen LogP contribution is 2.34. The smallest absolute Gasteiger partial charge is 0.259 e. The summed E-state index contributed by atoms with van der Waals surface area (Å²) in [5.74, 6) is 2.23. The van der Waals surface area contributed by atoms with Gasteiger partial charge in [-0.15, -0.1) is 0 Å². The van der Waals surface area contributed by atoms with Crippen molar-refractivity contribution in [2.45, 2.75) is 34.0 Å². The van der Waals surface area contributed by atoms with Crippen molar-refractivity contribution in [2.75, 3.05) is 18.4 Å². The summed E-state index contributed by atoms with van der Waals surface area (Å²) >= 11 is 0. The van der Waals surface area contributed by atoms with Crippen LogP contribution in [0.1, 0.15) is 22.4 Å². The minimum absolute atomic E-state index is 0.00513. The number of nitrogens with zero attached hydrogens (tertiary/aromatic N) is 4. The Hall–Kier alpha value is -3.32. The second kappa shape index (κ2) is 7.18. The van der Waals surface area contributed by atoms with E-state index < -0.39 is 0 Å². The predicted octanol–water partition coefficient (Wildman–Crippen LogP) is 3.47. The molecule has 0 bridgehead atoms. The number of aryl methyl sites for hydroxylation is 2. The molecule has 0 spiro atoms. The molecule has 0 unspecified atom stereocenters. The molecule has 0 aliphatic carbocycles. The number of rotatable bonds is 3. The largest absolute Gasteiger partial charge is 0.454 e. The third-order valence-corrected chi connectivity index (χ3v) is 5.70. The van der Waals surface area contributed by atoms with Gasteiger partial charge in [-0.05, 0) is 56.2 Å². The van der Waals surface area contributed by atoms with Gasteiger partial charge < -0.3 is 9.47 Å². The molecule has 2 aliphatic heterocycles. The quantitative estimate of drug-likeness (QED) is 0.666. The average Bonchev–Trinajstić information content (AvgIpc) is 3.20. The number of aromatic nitrogens is 2. The van der Waals surface area contributed by atoms with Crippen molar-refractivity contribution in [3.8, 4) is 11.5 Å². The maximum absolute atomic E-state index is 13.1. The fourth-order valence-electron chi connectivity index (χ4n) is 3.97. The molecular weight excluding hydrogens is 380 g/mol. The molecule has 7 nitrogen and oxygen atoms in total. The second-order valence-corrected chi connectivity index (χ2v) is 7.92. The van der Waals surface area contributed by atoms with Crippen LogP contribution in [0.15, 0.2) is 47.3 Å². The maximum Gasteiger partial charge on any atom is 0.259 e.